The van der Waals surface area contributed by atoms with Crippen LogP contribution in [0.5, 0.6) is 0 Å². The molecule has 0 radical (unpaired) electrons. The molecule has 2 rings (SSSR count). The van der Waals surface area contributed by atoms with Crippen LogP contribution in [0.25, 0.3) is 0 Å². The van der Waals surface area contributed by atoms with E-state index in [4.69, 9.17) is 0 Å². The van der Waals surface area contributed by atoms with E-state index in [9.17, 15) is 47.9 Å². The van der Waals surface area contributed by atoms with Crippen LogP contribution in [-0.4, -0.2) is 54.3 Å². The van der Waals surface area contributed by atoms with Crippen molar-refractivity contribution in [3.8, 4) is 0 Å². The maximum atomic E-state index is 12.1. The number of rotatable bonds is 8. The minimum Gasteiger partial charge on any atom is -0.338 e. The summed E-state index contributed by atoms with van der Waals surface area (Å²) in [6.07, 6.45) is 0. The van der Waals surface area contributed by atoms with Crippen LogP contribution in [0.4, 0.5) is 0 Å². The molecule has 0 aromatic carbocycles. The normalized spacial score (nSPS) is 16.6. The summed E-state index contributed by atoms with van der Waals surface area (Å²) in [4.78, 5) is 113. The molecule has 188 valence electrons. The van der Waals surface area contributed by atoms with Crippen LogP contribution in [0.15, 0.2) is 14.4 Å². The fourth-order valence-electron chi connectivity index (χ4n) is 3.04. The van der Waals surface area contributed by atoms with Gasteiger partial charge in [0.25, 0.3) is 0 Å². The molecule has 1 N–H and O–H groups in total. The summed E-state index contributed by atoms with van der Waals surface area (Å²) < 4.78 is 1.68. The van der Waals surface area contributed by atoms with Gasteiger partial charge in [-0.15, -0.1) is 0 Å². The predicted octanol–water partition coefficient (Wildman–Crippen LogP) is -2.52. The minimum absolute atomic E-state index is 0. The Labute approximate surface area is 194 Å². The zero-order valence-corrected chi connectivity index (χ0v) is 19.2. The number of carbonyl (C=O) groups is 7. The van der Waals surface area contributed by atoms with Crippen LogP contribution in [0, 0.1) is 11.8 Å². The first-order chi connectivity index (χ1) is 15.6. The Hall–Kier alpha value is -4.10. The third-order valence-electron chi connectivity index (χ3n) is 4.58. The molecule has 34 heavy (non-hydrogen) atoms. The van der Waals surface area contributed by atoms with Crippen molar-refractivity contribution in [3.63, 3.8) is 0 Å². The molecule has 1 aliphatic rings. The second-order valence-corrected chi connectivity index (χ2v) is 7.64. The number of carbonyl (C=O) groups excluding carboxylic acids is 7. The predicted molar refractivity (Wildman–Crippen MR) is 117 cm³/mol. The van der Waals surface area contributed by atoms with Gasteiger partial charge in [-0.1, -0.05) is 0 Å². The average molecular weight is 484 g/mol. The zero-order valence-electron chi connectivity index (χ0n) is 19.2. The van der Waals surface area contributed by atoms with Crippen LogP contribution in [0.1, 0.15) is 37.5 Å². The number of amides is 1. The van der Waals surface area contributed by atoms with Gasteiger partial charge in [-0.2, -0.15) is 0 Å². The lowest BCUT2D eigenvalue weighted by Crippen LogP contribution is -2.56. The van der Waals surface area contributed by atoms with Gasteiger partial charge in [0.2, 0.25) is 5.91 Å². The third kappa shape index (κ3) is 6.24. The molecule has 1 fully saturated rings. The Morgan fingerprint density at radius 3 is 1.24 bits per heavy atom. The van der Waals surface area contributed by atoms with E-state index in [1.165, 1.54) is 34.6 Å². The molecule has 1 saturated carbocycles. The number of Topliss-reactive ketones (excluding diaryl/α,β-unsaturated/α-hetero) is 6. The lowest BCUT2D eigenvalue weighted by atomic mass is 9.68. The minimum atomic E-state index is -1.15. The quantitative estimate of drug-likeness (QED) is 0.384. The van der Waals surface area contributed by atoms with Gasteiger partial charge in [0.05, 0.1) is 13.1 Å². The zero-order chi connectivity index (χ0) is 26.5. The van der Waals surface area contributed by atoms with Gasteiger partial charge >= 0.3 is 17.1 Å². The van der Waals surface area contributed by atoms with Crippen molar-refractivity contribution >= 4 is 40.6 Å². The number of nitrogens with one attached hydrogen (secondary N) is 1. The first-order valence-corrected chi connectivity index (χ1v) is 9.87. The fraction of sp³-hybridized carbons (Fsp3) is 0.500. The van der Waals surface area contributed by atoms with Crippen molar-refractivity contribution in [2.45, 2.75) is 54.4 Å². The van der Waals surface area contributed by atoms with Crippen LogP contribution in [-0.2, 0) is 53.3 Å². The molecular formula is C20H28N4O10. The highest BCUT2D eigenvalue weighted by Crippen LogP contribution is 2.26. The van der Waals surface area contributed by atoms with Gasteiger partial charge < -0.3 is 5.32 Å². The molecule has 14 nitrogen and oxygen atoms in total. The van der Waals surface area contributed by atoms with Crippen molar-refractivity contribution in [3.05, 3.63) is 31.5 Å². The standard InChI is InChI=1S/C12H16N4O6.C8H8O4.2H2/c1-7(17)4-14-10(20)15(5-8(2)18)12(22)16(11(14)21)6-13-9(3)19;1-3(9)5-7(11)6(4(2)10)8(5)12;;/h4-6H2,1-3H3,(H,13,19);5-6H,1-2H3;2*1H. The van der Waals surface area contributed by atoms with Crippen LogP contribution in [0.3, 0.4) is 0 Å². The Morgan fingerprint density at radius 2 is 0.971 bits per heavy atom. The van der Waals surface area contributed by atoms with Crippen LogP contribution < -0.4 is 22.4 Å². The fourth-order valence-corrected chi connectivity index (χ4v) is 3.04. The Kier molecular flexibility index (Phi) is 9.17. The molecule has 0 unspecified atom stereocenters. The van der Waals surface area contributed by atoms with E-state index >= 15 is 0 Å². The molecule has 1 aromatic rings. The lowest BCUT2D eigenvalue weighted by molar-refractivity contribution is -0.156. The van der Waals surface area contributed by atoms with Gasteiger partial charge in [-0.05, 0) is 27.7 Å². The number of ketones is 6. The highest BCUT2D eigenvalue weighted by Gasteiger charge is 2.53. The molecule has 0 saturated heterocycles. The first-order valence-electron chi connectivity index (χ1n) is 9.87. The molecule has 0 aliphatic heterocycles. The number of hydrogen-bond acceptors (Lipinski definition) is 10. The Bertz CT molecular complexity index is 1180. The number of aromatic nitrogens is 3. The molecule has 1 heterocycles. The summed E-state index contributed by atoms with van der Waals surface area (Å²) in [7, 11) is 0. The smallest absolute Gasteiger partial charge is 0.338 e. The summed E-state index contributed by atoms with van der Waals surface area (Å²) in [5, 5.41) is 2.25. The van der Waals surface area contributed by atoms with Crippen molar-refractivity contribution in [1.82, 2.24) is 19.0 Å². The molecule has 0 spiro atoms. The average Bonchev–Trinajstić information content (AvgIpc) is 2.67. The maximum absolute atomic E-state index is 12.1. The first kappa shape index (κ1) is 27.9. The lowest BCUT2D eigenvalue weighted by Gasteiger charge is -2.27. The highest BCUT2D eigenvalue weighted by atomic mass is 16.2. The van der Waals surface area contributed by atoms with Crippen molar-refractivity contribution in [2.75, 3.05) is 0 Å². The molecule has 0 atom stereocenters. The second-order valence-electron chi connectivity index (χ2n) is 7.64. The molecule has 1 aromatic heterocycles. The SMILES string of the molecule is CC(=O)C1C(=O)C(C(C)=O)C1=O.CC(=O)Cn1c(=O)n(CNC(C)=O)c(=O)n(CC(C)=O)c1=O.[HH].[HH]. The summed E-state index contributed by atoms with van der Waals surface area (Å²) >= 11 is 0. The molecule has 14 heteroatoms. The summed E-state index contributed by atoms with van der Waals surface area (Å²) in [5.41, 5.74) is -3.10. The summed E-state index contributed by atoms with van der Waals surface area (Å²) in [6, 6.07) is 0. The Balaban J connectivity index is 0. The van der Waals surface area contributed by atoms with E-state index in [0.29, 0.717) is 13.7 Å². The van der Waals surface area contributed by atoms with Gasteiger partial charge in [-0.25, -0.2) is 28.1 Å². The number of nitrogens with zero attached hydrogens (tertiary/aromatic N) is 3. The van der Waals surface area contributed by atoms with Gasteiger partial charge in [0.1, 0.15) is 41.6 Å². The topological polar surface area (TPSA) is 198 Å². The molecule has 0 bridgehead atoms. The maximum Gasteiger partial charge on any atom is 0.338 e. The Morgan fingerprint density at radius 1 is 0.647 bits per heavy atom. The molecular weight excluding hydrogens is 456 g/mol. The molecule has 1 amide bonds. The summed E-state index contributed by atoms with van der Waals surface area (Å²) in [5.74, 6) is -5.77. The van der Waals surface area contributed by atoms with Crippen LogP contribution in [0.2, 0.25) is 0 Å². The third-order valence-corrected chi connectivity index (χ3v) is 4.58. The van der Waals surface area contributed by atoms with E-state index in [0.717, 1.165) is 0 Å². The second kappa shape index (κ2) is 11.2. The number of hydrogen-bond donors (Lipinski definition) is 1. The van der Waals surface area contributed by atoms with E-state index in [2.05, 4.69) is 5.32 Å². The van der Waals surface area contributed by atoms with Crippen LogP contribution >= 0.6 is 0 Å². The van der Waals surface area contributed by atoms with Crippen molar-refractivity contribution in [1.29, 1.82) is 0 Å². The highest BCUT2D eigenvalue weighted by molar-refractivity contribution is 6.41. The monoisotopic (exact) mass is 484 g/mol. The van der Waals surface area contributed by atoms with Gasteiger partial charge in [0.15, 0.2) is 11.6 Å². The van der Waals surface area contributed by atoms with E-state index in [1.807, 2.05) is 0 Å². The van der Waals surface area contributed by atoms with E-state index in [1.54, 1.807) is 0 Å². The molecule has 1 aliphatic carbocycles. The summed E-state index contributed by atoms with van der Waals surface area (Å²) in [6.45, 7) is 4.35. The largest absolute Gasteiger partial charge is 0.338 e. The van der Waals surface area contributed by atoms with Crippen molar-refractivity contribution in [2.24, 2.45) is 11.8 Å². The van der Waals surface area contributed by atoms with E-state index in [-0.39, 0.29) is 2.85 Å². The van der Waals surface area contributed by atoms with Gasteiger partial charge in [0, 0.05) is 9.78 Å². The van der Waals surface area contributed by atoms with E-state index < -0.39 is 89.3 Å². The van der Waals surface area contributed by atoms with Gasteiger partial charge in [-0.3, -0.25) is 33.6 Å². The van der Waals surface area contributed by atoms with Crippen molar-refractivity contribution < 1.29 is 36.4 Å².